The maximum atomic E-state index is 12.3. The molecule has 3 rings (SSSR count). The van der Waals surface area contributed by atoms with E-state index in [-0.39, 0.29) is 32.1 Å². The van der Waals surface area contributed by atoms with Gasteiger partial charge in [0.1, 0.15) is 0 Å². The number of carbonyl (C=O) groups excluding carboxylic acids is 2. The van der Waals surface area contributed by atoms with Crippen molar-refractivity contribution in [1.82, 2.24) is 9.80 Å². The molecule has 1 atom stereocenters. The Hall–Kier alpha value is -2.48. The minimum atomic E-state index is -0.498. The van der Waals surface area contributed by atoms with Gasteiger partial charge < -0.3 is 23.8 Å². The number of ether oxygens (including phenoxy) is 4. The first-order valence-electron chi connectivity index (χ1n) is 9.26. The second-order valence-corrected chi connectivity index (χ2v) is 6.70. The summed E-state index contributed by atoms with van der Waals surface area (Å²) in [6.45, 7) is 6.27. The first kappa shape index (κ1) is 19.3. The Morgan fingerprint density at radius 1 is 1.22 bits per heavy atom. The molecule has 1 fully saturated rings. The lowest BCUT2D eigenvalue weighted by atomic mass is 10.1. The molecule has 0 saturated carbocycles. The maximum absolute atomic E-state index is 12.3. The Balaban J connectivity index is 1.44. The van der Waals surface area contributed by atoms with Crippen LogP contribution < -0.4 is 9.47 Å². The topological polar surface area (TPSA) is 77.5 Å². The second kappa shape index (κ2) is 8.94. The van der Waals surface area contributed by atoms with E-state index in [4.69, 9.17) is 18.9 Å². The van der Waals surface area contributed by atoms with Gasteiger partial charge in [0.05, 0.1) is 6.54 Å². The number of carbonyl (C=O) groups is 2. The molecule has 2 aliphatic rings. The van der Waals surface area contributed by atoms with Crippen molar-refractivity contribution in [2.45, 2.75) is 32.7 Å². The Morgan fingerprint density at radius 3 is 2.70 bits per heavy atom. The van der Waals surface area contributed by atoms with Crippen LogP contribution in [0.15, 0.2) is 18.2 Å². The highest BCUT2D eigenvalue weighted by Crippen LogP contribution is 2.33. The SMILES string of the molecule is CCN(C(=O)OCOC(=O)CN1CCC1)C(C)Cc1ccc2c(c1)OCO2. The van der Waals surface area contributed by atoms with Gasteiger partial charge in [0, 0.05) is 12.6 Å². The minimum absolute atomic E-state index is 0.0836. The van der Waals surface area contributed by atoms with Crippen molar-refractivity contribution in [2.24, 2.45) is 0 Å². The molecule has 0 bridgehead atoms. The van der Waals surface area contributed by atoms with Crippen LogP contribution in [0.1, 0.15) is 25.8 Å². The highest BCUT2D eigenvalue weighted by atomic mass is 16.7. The molecular formula is C19H26N2O6. The third-order valence-corrected chi connectivity index (χ3v) is 4.78. The van der Waals surface area contributed by atoms with Gasteiger partial charge in [-0.05, 0) is 57.5 Å². The largest absolute Gasteiger partial charge is 0.454 e. The Kier molecular flexibility index (Phi) is 6.39. The summed E-state index contributed by atoms with van der Waals surface area (Å²) in [4.78, 5) is 27.6. The van der Waals surface area contributed by atoms with Crippen molar-refractivity contribution < 1.29 is 28.5 Å². The summed E-state index contributed by atoms with van der Waals surface area (Å²) >= 11 is 0. The lowest BCUT2D eigenvalue weighted by Crippen LogP contribution is -2.42. The summed E-state index contributed by atoms with van der Waals surface area (Å²) in [6, 6.07) is 5.67. The van der Waals surface area contributed by atoms with Crippen LogP contribution in [0.2, 0.25) is 0 Å². The number of amides is 1. The third-order valence-electron chi connectivity index (χ3n) is 4.78. The van der Waals surface area contributed by atoms with Gasteiger partial charge in [0.15, 0.2) is 11.5 Å². The number of hydrogen-bond acceptors (Lipinski definition) is 7. The number of nitrogens with zero attached hydrogens (tertiary/aromatic N) is 2. The van der Waals surface area contributed by atoms with E-state index < -0.39 is 6.09 Å². The van der Waals surface area contributed by atoms with Gasteiger partial charge >= 0.3 is 12.1 Å². The van der Waals surface area contributed by atoms with Crippen LogP contribution in [-0.2, 0) is 20.7 Å². The van der Waals surface area contributed by atoms with E-state index in [1.54, 1.807) is 4.90 Å². The Morgan fingerprint density at radius 2 is 2.00 bits per heavy atom. The van der Waals surface area contributed by atoms with Crippen LogP contribution in [-0.4, -0.2) is 67.7 Å². The highest BCUT2D eigenvalue weighted by Gasteiger charge is 2.23. The first-order chi connectivity index (χ1) is 13.1. The molecule has 1 saturated heterocycles. The van der Waals surface area contributed by atoms with E-state index >= 15 is 0 Å². The van der Waals surface area contributed by atoms with Gasteiger partial charge in [-0.15, -0.1) is 0 Å². The lowest BCUT2D eigenvalue weighted by molar-refractivity contribution is -0.154. The van der Waals surface area contributed by atoms with Crippen LogP contribution in [0.25, 0.3) is 0 Å². The van der Waals surface area contributed by atoms with Gasteiger partial charge in [0.2, 0.25) is 13.6 Å². The Labute approximate surface area is 158 Å². The van der Waals surface area contributed by atoms with Gasteiger partial charge in [-0.25, -0.2) is 4.79 Å². The minimum Gasteiger partial charge on any atom is -0.454 e. The number of rotatable bonds is 8. The highest BCUT2D eigenvalue weighted by molar-refractivity contribution is 5.72. The standard InChI is InChI=1S/C19H26N2O6/c1-3-21(19(23)27-13-26-18(22)11-20-7-4-8-20)14(2)9-15-5-6-16-17(10-15)25-12-24-16/h5-6,10,14H,3-4,7-9,11-13H2,1-2H3. The van der Waals surface area contributed by atoms with Crippen LogP contribution in [0.4, 0.5) is 4.79 Å². The molecule has 0 aliphatic carbocycles. The number of hydrogen-bond donors (Lipinski definition) is 0. The van der Waals surface area contributed by atoms with Crippen molar-refractivity contribution in [3.05, 3.63) is 23.8 Å². The molecule has 0 N–H and O–H groups in total. The second-order valence-electron chi connectivity index (χ2n) is 6.70. The van der Waals surface area contributed by atoms with Gasteiger partial charge in [-0.2, -0.15) is 0 Å². The molecule has 27 heavy (non-hydrogen) atoms. The average Bonchev–Trinajstić information content (AvgIpc) is 3.06. The number of esters is 1. The molecule has 8 nitrogen and oxygen atoms in total. The fraction of sp³-hybridized carbons (Fsp3) is 0.579. The van der Waals surface area contributed by atoms with E-state index in [9.17, 15) is 9.59 Å². The summed E-state index contributed by atoms with van der Waals surface area (Å²) in [5.41, 5.74) is 1.04. The molecule has 1 amide bonds. The quantitative estimate of drug-likeness (QED) is 0.506. The number of likely N-dealkylation sites (N-methyl/N-ethyl adjacent to an activating group) is 1. The van der Waals surface area contributed by atoms with E-state index in [2.05, 4.69) is 0 Å². The first-order valence-corrected chi connectivity index (χ1v) is 9.26. The average molecular weight is 378 g/mol. The molecule has 1 unspecified atom stereocenters. The molecule has 148 valence electrons. The predicted molar refractivity (Wildman–Crippen MR) is 96.6 cm³/mol. The molecule has 2 aliphatic heterocycles. The molecule has 2 heterocycles. The van der Waals surface area contributed by atoms with Crippen LogP contribution >= 0.6 is 0 Å². The van der Waals surface area contributed by atoms with Crippen molar-refractivity contribution in [3.8, 4) is 11.5 Å². The van der Waals surface area contributed by atoms with Crippen LogP contribution in [0.3, 0.4) is 0 Å². The van der Waals surface area contributed by atoms with Crippen molar-refractivity contribution in [1.29, 1.82) is 0 Å². The number of benzene rings is 1. The number of fused-ring (bicyclic) bond motifs is 1. The van der Waals surface area contributed by atoms with Crippen LogP contribution in [0, 0.1) is 0 Å². The van der Waals surface area contributed by atoms with Gasteiger partial charge in [-0.1, -0.05) is 6.07 Å². The normalized spacial score (nSPS) is 16.4. The van der Waals surface area contributed by atoms with E-state index in [0.717, 1.165) is 36.6 Å². The summed E-state index contributed by atoms with van der Waals surface area (Å²) < 4.78 is 20.8. The van der Waals surface area contributed by atoms with E-state index in [1.165, 1.54) is 0 Å². The smallest absolute Gasteiger partial charge is 0.412 e. The molecule has 8 heteroatoms. The molecule has 1 aromatic carbocycles. The van der Waals surface area contributed by atoms with E-state index in [0.29, 0.717) is 13.0 Å². The zero-order chi connectivity index (χ0) is 19.2. The molecule has 1 aromatic rings. The van der Waals surface area contributed by atoms with Crippen LogP contribution in [0.5, 0.6) is 11.5 Å². The lowest BCUT2D eigenvalue weighted by Gasteiger charge is -2.29. The fourth-order valence-electron chi connectivity index (χ4n) is 3.14. The summed E-state index contributed by atoms with van der Waals surface area (Å²) in [7, 11) is 0. The predicted octanol–water partition coefficient (Wildman–Crippen LogP) is 2.01. The van der Waals surface area contributed by atoms with Crippen molar-refractivity contribution in [3.63, 3.8) is 0 Å². The zero-order valence-electron chi connectivity index (χ0n) is 15.8. The molecule has 0 spiro atoms. The van der Waals surface area contributed by atoms with E-state index in [1.807, 2.05) is 36.9 Å². The van der Waals surface area contributed by atoms with Gasteiger partial charge in [-0.3, -0.25) is 9.69 Å². The Bertz CT molecular complexity index is 676. The van der Waals surface area contributed by atoms with Crippen molar-refractivity contribution in [2.75, 3.05) is 39.8 Å². The summed E-state index contributed by atoms with van der Waals surface area (Å²) in [5.74, 6) is 1.08. The summed E-state index contributed by atoms with van der Waals surface area (Å²) in [5, 5.41) is 0. The third kappa shape index (κ3) is 5.03. The molecule has 0 radical (unpaired) electrons. The molecule has 0 aromatic heterocycles. The monoisotopic (exact) mass is 378 g/mol. The fourth-order valence-corrected chi connectivity index (χ4v) is 3.14. The maximum Gasteiger partial charge on any atom is 0.412 e. The molecular weight excluding hydrogens is 352 g/mol. The van der Waals surface area contributed by atoms with Gasteiger partial charge in [0.25, 0.3) is 0 Å². The summed E-state index contributed by atoms with van der Waals surface area (Å²) in [6.07, 6.45) is 1.26. The number of likely N-dealkylation sites (tertiary alicyclic amines) is 1. The zero-order valence-corrected chi connectivity index (χ0v) is 15.8. The van der Waals surface area contributed by atoms with Crippen molar-refractivity contribution >= 4 is 12.1 Å².